The van der Waals surface area contributed by atoms with Gasteiger partial charge in [0.1, 0.15) is 12.4 Å². The Labute approximate surface area is 184 Å². The molecule has 4 unspecified atom stereocenters. The average molecular weight is 451 g/mol. The number of pyridine rings is 1. The first-order valence-electron chi connectivity index (χ1n) is 10.9. The molecular formula is C22H28F3N5O2. The molecule has 1 amide bonds. The number of halogens is 3. The van der Waals surface area contributed by atoms with Crippen molar-refractivity contribution >= 4 is 23.3 Å². The number of hydrogen-bond acceptors (Lipinski definition) is 6. The van der Waals surface area contributed by atoms with Gasteiger partial charge in [-0.15, -0.1) is 0 Å². The smallest absolute Gasteiger partial charge is 0.419 e. The van der Waals surface area contributed by atoms with Crippen LogP contribution in [0.2, 0.25) is 0 Å². The van der Waals surface area contributed by atoms with Crippen LogP contribution in [0, 0.1) is 17.8 Å². The van der Waals surface area contributed by atoms with Crippen molar-refractivity contribution in [1.29, 1.82) is 0 Å². The van der Waals surface area contributed by atoms with Crippen LogP contribution < -0.4 is 11.5 Å². The molecular weight excluding hydrogens is 423 g/mol. The zero-order chi connectivity index (χ0) is 23.2. The van der Waals surface area contributed by atoms with Gasteiger partial charge in [0, 0.05) is 41.2 Å². The van der Waals surface area contributed by atoms with Crippen LogP contribution in [0.1, 0.15) is 44.2 Å². The van der Waals surface area contributed by atoms with Crippen molar-refractivity contribution in [1.82, 2.24) is 9.88 Å². The lowest BCUT2D eigenvalue weighted by molar-refractivity contribution is -0.137. The van der Waals surface area contributed by atoms with Crippen LogP contribution in [0.5, 0.6) is 0 Å². The minimum absolute atomic E-state index is 0.00723. The molecule has 10 heteroatoms. The van der Waals surface area contributed by atoms with Crippen molar-refractivity contribution in [2.75, 3.05) is 18.9 Å². The fourth-order valence-corrected chi connectivity index (χ4v) is 5.34. The molecule has 2 bridgehead atoms. The Hall–Kier alpha value is -2.78. The highest BCUT2D eigenvalue weighted by Gasteiger charge is 2.51. The van der Waals surface area contributed by atoms with E-state index in [4.69, 9.17) is 21.2 Å². The third-order valence-electron chi connectivity index (χ3n) is 6.66. The summed E-state index contributed by atoms with van der Waals surface area (Å²) >= 11 is 0. The van der Waals surface area contributed by atoms with Crippen LogP contribution in [0.15, 0.2) is 23.3 Å². The second kappa shape index (κ2) is 8.29. The molecule has 3 aliphatic rings. The zero-order valence-electron chi connectivity index (χ0n) is 18.1. The van der Waals surface area contributed by atoms with E-state index in [0.717, 1.165) is 31.0 Å². The van der Waals surface area contributed by atoms with E-state index in [0.29, 0.717) is 25.0 Å². The Morgan fingerprint density at radius 1 is 1.31 bits per heavy atom. The lowest BCUT2D eigenvalue weighted by atomic mass is 9.81. The minimum atomic E-state index is -4.61. The monoisotopic (exact) mass is 451 g/mol. The molecule has 3 fully saturated rings. The number of carbonyl (C=O) groups excluding carboxylic acids is 1. The van der Waals surface area contributed by atoms with Gasteiger partial charge >= 0.3 is 12.3 Å². The molecule has 2 heterocycles. The predicted octanol–water partition coefficient (Wildman–Crippen LogP) is 3.70. The molecule has 32 heavy (non-hydrogen) atoms. The van der Waals surface area contributed by atoms with Gasteiger partial charge in [0.05, 0.1) is 12.1 Å². The number of allylic oxidation sites excluding steroid dienone is 1. The van der Waals surface area contributed by atoms with Crippen LogP contribution in [0.4, 0.5) is 23.8 Å². The Morgan fingerprint density at radius 3 is 2.62 bits per heavy atom. The third-order valence-corrected chi connectivity index (χ3v) is 6.66. The molecule has 7 nitrogen and oxygen atoms in total. The van der Waals surface area contributed by atoms with Crippen molar-refractivity contribution in [3.05, 3.63) is 29.5 Å². The number of amides is 1. The molecule has 2 saturated carbocycles. The molecule has 4 atom stereocenters. The Kier molecular flexibility index (Phi) is 5.81. The fraction of sp³-hybridized carbons (Fsp3) is 0.591. The number of aliphatic imine (C=N–C) groups is 1. The number of ether oxygens (including phenoxy) is 1. The summed E-state index contributed by atoms with van der Waals surface area (Å²) in [5.41, 5.74) is 11.7. The SMILES string of the molecule is CC(C)N=C(C=C(N)c1cnc(N)c(C(F)(F)F)c1)C1CC2CC1CC2N1CCOC1=O. The van der Waals surface area contributed by atoms with Gasteiger partial charge in [-0.2, -0.15) is 13.2 Å². The second-order valence-electron chi connectivity index (χ2n) is 9.11. The van der Waals surface area contributed by atoms with Crippen molar-refractivity contribution in [2.24, 2.45) is 28.5 Å². The number of fused-ring (bicyclic) bond motifs is 2. The highest BCUT2D eigenvalue weighted by Crippen LogP contribution is 2.51. The van der Waals surface area contributed by atoms with Crippen LogP contribution >= 0.6 is 0 Å². The standard InChI is InChI=1S/C22H28F3N5O2/c1-11(2)29-18(9-17(26)14-7-16(22(23,24)25)20(27)28-10-14)15-6-13-5-12(15)8-19(13)30-3-4-32-21(30)31/h7,9-13,15,19H,3-6,8,26H2,1-2H3,(H2,27,28). The summed E-state index contributed by atoms with van der Waals surface area (Å²) in [7, 11) is 0. The molecule has 174 valence electrons. The number of carbonyl (C=O) groups is 1. The van der Waals surface area contributed by atoms with Crippen molar-refractivity contribution in [3.63, 3.8) is 0 Å². The molecule has 0 aromatic carbocycles. The number of nitrogens with zero attached hydrogens (tertiary/aromatic N) is 3. The number of nitrogens with two attached hydrogens (primary N) is 2. The van der Waals surface area contributed by atoms with Gasteiger partial charge in [0.2, 0.25) is 0 Å². The van der Waals surface area contributed by atoms with Crippen molar-refractivity contribution < 1.29 is 22.7 Å². The number of rotatable bonds is 5. The Balaban J connectivity index is 1.57. The predicted molar refractivity (Wildman–Crippen MR) is 115 cm³/mol. The van der Waals surface area contributed by atoms with Gasteiger partial charge in [-0.1, -0.05) is 0 Å². The number of hydrogen-bond donors (Lipinski definition) is 2. The Bertz CT molecular complexity index is 959. The molecule has 4 N–H and O–H groups in total. The summed E-state index contributed by atoms with van der Waals surface area (Å²) < 4.78 is 44.8. The maximum Gasteiger partial charge on any atom is 0.419 e. The quantitative estimate of drug-likeness (QED) is 0.664. The molecule has 1 aromatic rings. The van der Waals surface area contributed by atoms with E-state index in [-0.39, 0.29) is 35.4 Å². The number of alkyl halides is 3. The van der Waals surface area contributed by atoms with Gasteiger partial charge in [0.25, 0.3) is 0 Å². The topological polar surface area (TPSA) is 107 Å². The number of anilines is 1. The Morgan fingerprint density at radius 2 is 2.06 bits per heavy atom. The van der Waals surface area contributed by atoms with Gasteiger partial charge in [-0.25, -0.2) is 9.78 Å². The average Bonchev–Trinajstić information content (AvgIpc) is 3.41. The van der Waals surface area contributed by atoms with E-state index < -0.39 is 17.6 Å². The van der Waals surface area contributed by atoms with Crippen LogP contribution in [-0.2, 0) is 10.9 Å². The maximum atomic E-state index is 13.2. The summed E-state index contributed by atoms with van der Waals surface area (Å²) in [6, 6.07) is 1.12. The van der Waals surface area contributed by atoms with Gasteiger partial charge in [-0.05, 0) is 57.1 Å². The first-order valence-corrected chi connectivity index (χ1v) is 10.9. The maximum absolute atomic E-state index is 13.2. The molecule has 1 saturated heterocycles. The summed E-state index contributed by atoms with van der Waals surface area (Å²) in [4.78, 5) is 22.3. The largest absolute Gasteiger partial charge is 0.448 e. The first kappa shape index (κ1) is 22.4. The highest BCUT2D eigenvalue weighted by molar-refractivity contribution is 6.02. The van der Waals surface area contributed by atoms with Crippen LogP contribution in [0.3, 0.4) is 0 Å². The summed E-state index contributed by atoms with van der Waals surface area (Å²) in [5.74, 6) is 0.275. The summed E-state index contributed by atoms with van der Waals surface area (Å²) in [6.07, 6.45) is 0.802. The number of aromatic nitrogens is 1. The van der Waals surface area contributed by atoms with Crippen LogP contribution in [0.25, 0.3) is 5.70 Å². The van der Waals surface area contributed by atoms with Gasteiger partial charge in [0.15, 0.2) is 0 Å². The fourth-order valence-electron chi connectivity index (χ4n) is 5.34. The number of nitrogen functional groups attached to an aromatic ring is 1. The third kappa shape index (κ3) is 4.27. The molecule has 0 spiro atoms. The molecule has 2 aliphatic carbocycles. The normalized spacial score (nSPS) is 28.7. The van der Waals surface area contributed by atoms with Crippen LogP contribution in [-0.4, -0.2) is 46.9 Å². The minimum Gasteiger partial charge on any atom is -0.448 e. The lowest BCUT2D eigenvalue weighted by Crippen LogP contribution is -2.41. The summed E-state index contributed by atoms with van der Waals surface area (Å²) in [5, 5.41) is 0. The van der Waals surface area contributed by atoms with Crippen molar-refractivity contribution in [3.8, 4) is 0 Å². The van der Waals surface area contributed by atoms with Gasteiger partial charge < -0.3 is 21.1 Å². The molecule has 0 radical (unpaired) electrons. The van der Waals surface area contributed by atoms with E-state index in [1.807, 2.05) is 18.7 Å². The van der Waals surface area contributed by atoms with Crippen molar-refractivity contribution in [2.45, 2.75) is 51.4 Å². The van der Waals surface area contributed by atoms with E-state index >= 15 is 0 Å². The summed E-state index contributed by atoms with van der Waals surface area (Å²) in [6.45, 7) is 4.97. The second-order valence-corrected chi connectivity index (χ2v) is 9.11. The van der Waals surface area contributed by atoms with E-state index in [1.165, 1.54) is 6.20 Å². The molecule has 1 aliphatic heterocycles. The van der Waals surface area contributed by atoms with E-state index in [9.17, 15) is 18.0 Å². The zero-order valence-corrected chi connectivity index (χ0v) is 18.1. The van der Waals surface area contributed by atoms with E-state index in [1.54, 1.807) is 6.08 Å². The molecule has 4 rings (SSSR count). The lowest BCUT2D eigenvalue weighted by Gasteiger charge is -2.33. The molecule has 1 aromatic heterocycles. The highest BCUT2D eigenvalue weighted by atomic mass is 19.4. The number of cyclic esters (lactones) is 1. The van der Waals surface area contributed by atoms with E-state index in [2.05, 4.69) is 4.98 Å². The van der Waals surface area contributed by atoms with Gasteiger partial charge in [-0.3, -0.25) is 4.99 Å². The first-order chi connectivity index (χ1) is 15.0.